The summed E-state index contributed by atoms with van der Waals surface area (Å²) in [6, 6.07) is 13.8. The predicted molar refractivity (Wildman–Crippen MR) is 87.4 cm³/mol. The Morgan fingerprint density at radius 3 is 2.26 bits per heavy atom. The lowest BCUT2D eigenvalue weighted by molar-refractivity contribution is 0.259. The van der Waals surface area contributed by atoms with E-state index >= 15 is 0 Å². The molecule has 6 nitrogen and oxygen atoms in total. The van der Waals surface area contributed by atoms with Crippen LogP contribution in [0.25, 0.3) is 0 Å². The van der Waals surface area contributed by atoms with Crippen molar-refractivity contribution >= 4 is 7.60 Å². The second-order valence-electron chi connectivity index (χ2n) is 4.92. The molecule has 0 aliphatic rings. The largest absolute Gasteiger partial charge is 0.504 e. The van der Waals surface area contributed by atoms with Crippen molar-refractivity contribution in [3.63, 3.8) is 0 Å². The molecule has 2 aromatic rings. The fraction of sp³-hybridized carbons (Fsp3) is 0.250. The Labute approximate surface area is 135 Å². The Kier molecular flexibility index (Phi) is 5.80. The van der Waals surface area contributed by atoms with E-state index < -0.39 is 13.4 Å². The van der Waals surface area contributed by atoms with Crippen LogP contribution < -0.4 is 5.32 Å². The van der Waals surface area contributed by atoms with Gasteiger partial charge < -0.3 is 19.3 Å². The molecule has 0 amide bonds. The zero-order valence-corrected chi connectivity index (χ0v) is 13.9. The first-order chi connectivity index (χ1) is 11.0. The van der Waals surface area contributed by atoms with Crippen LogP contribution in [0.2, 0.25) is 0 Å². The van der Waals surface area contributed by atoms with Crippen LogP contribution in [0, 0.1) is 0 Å². The van der Waals surface area contributed by atoms with E-state index in [1.54, 1.807) is 6.07 Å². The molecule has 3 N–H and O–H groups in total. The molecule has 0 radical (unpaired) electrons. The molecule has 0 aliphatic carbocycles. The SMILES string of the molecule is COP(=O)(OC)C(NCc1ccccc1)c1ccc(O)c(O)c1. The minimum atomic E-state index is -3.49. The third-order valence-corrected chi connectivity index (χ3v) is 5.61. The fourth-order valence-corrected chi connectivity index (χ4v) is 3.63. The molecule has 0 aliphatic heterocycles. The summed E-state index contributed by atoms with van der Waals surface area (Å²) < 4.78 is 23.0. The number of hydrogen-bond donors (Lipinski definition) is 3. The van der Waals surface area contributed by atoms with Crippen molar-refractivity contribution in [2.75, 3.05) is 14.2 Å². The summed E-state index contributed by atoms with van der Waals surface area (Å²) >= 11 is 0. The van der Waals surface area contributed by atoms with E-state index in [9.17, 15) is 14.8 Å². The number of phenolic OH excluding ortho intramolecular Hbond substituents is 2. The number of hydrogen-bond acceptors (Lipinski definition) is 6. The Morgan fingerprint density at radius 2 is 1.70 bits per heavy atom. The van der Waals surface area contributed by atoms with Crippen LogP contribution in [-0.2, 0) is 20.2 Å². The third-order valence-electron chi connectivity index (χ3n) is 3.48. The van der Waals surface area contributed by atoms with Crippen molar-refractivity contribution in [1.29, 1.82) is 0 Å². The molecule has 0 bridgehead atoms. The number of nitrogens with one attached hydrogen (secondary N) is 1. The number of phenols is 2. The highest BCUT2D eigenvalue weighted by atomic mass is 31.2. The third kappa shape index (κ3) is 4.12. The van der Waals surface area contributed by atoms with Crippen LogP contribution in [0.5, 0.6) is 11.5 Å². The molecule has 0 saturated carbocycles. The molecule has 0 spiro atoms. The van der Waals surface area contributed by atoms with Crippen molar-refractivity contribution in [3.8, 4) is 11.5 Å². The second-order valence-corrected chi connectivity index (χ2v) is 7.25. The quantitative estimate of drug-likeness (QED) is 0.530. The summed E-state index contributed by atoms with van der Waals surface area (Å²) in [5.41, 5.74) is 1.49. The van der Waals surface area contributed by atoms with Crippen LogP contribution in [-0.4, -0.2) is 24.4 Å². The van der Waals surface area contributed by atoms with Gasteiger partial charge in [0.1, 0.15) is 5.78 Å². The van der Waals surface area contributed by atoms with Gasteiger partial charge >= 0.3 is 7.60 Å². The molecule has 0 saturated heterocycles. The molecule has 7 heteroatoms. The van der Waals surface area contributed by atoms with Crippen molar-refractivity contribution in [3.05, 3.63) is 59.7 Å². The first-order valence-corrected chi connectivity index (χ1v) is 8.61. The smallest absolute Gasteiger partial charge is 0.351 e. The maximum absolute atomic E-state index is 12.8. The van der Waals surface area contributed by atoms with E-state index in [0.717, 1.165) is 5.56 Å². The summed E-state index contributed by atoms with van der Waals surface area (Å²) in [5, 5.41) is 22.3. The number of rotatable bonds is 7. The Balaban J connectivity index is 2.31. The van der Waals surface area contributed by atoms with Gasteiger partial charge in [-0.05, 0) is 23.3 Å². The number of aromatic hydroxyl groups is 2. The lowest BCUT2D eigenvalue weighted by Gasteiger charge is -2.26. The Bertz CT molecular complexity index is 684. The highest BCUT2D eigenvalue weighted by Crippen LogP contribution is 2.58. The lowest BCUT2D eigenvalue weighted by Crippen LogP contribution is -2.22. The van der Waals surface area contributed by atoms with E-state index in [-0.39, 0.29) is 11.5 Å². The molecule has 2 rings (SSSR count). The molecule has 1 atom stereocenters. The topological polar surface area (TPSA) is 88.0 Å². The van der Waals surface area contributed by atoms with E-state index in [4.69, 9.17) is 9.05 Å². The molecule has 1 unspecified atom stereocenters. The summed E-state index contributed by atoms with van der Waals surface area (Å²) in [4.78, 5) is 0. The van der Waals surface area contributed by atoms with Gasteiger partial charge in [0.05, 0.1) is 0 Å². The summed E-state index contributed by atoms with van der Waals surface area (Å²) in [7, 11) is -0.874. The average molecular weight is 337 g/mol. The molecule has 0 aromatic heterocycles. The molecule has 2 aromatic carbocycles. The second kappa shape index (κ2) is 7.62. The zero-order chi connectivity index (χ0) is 16.9. The standard InChI is InChI=1S/C16H20NO5P/c1-21-23(20,22-2)16(13-8-9-14(18)15(19)10-13)17-11-12-6-4-3-5-7-12/h3-10,16-19H,11H2,1-2H3. The van der Waals surface area contributed by atoms with Gasteiger partial charge in [-0.1, -0.05) is 36.4 Å². The van der Waals surface area contributed by atoms with Crippen molar-refractivity contribution in [1.82, 2.24) is 5.32 Å². The van der Waals surface area contributed by atoms with E-state index in [1.807, 2.05) is 30.3 Å². The van der Waals surface area contributed by atoms with Crippen molar-refractivity contribution < 1.29 is 23.8 Å². The van der Waals surface area contributed by atoms with Crippen LogP contribution in [0.3, 0.4) is 0 Å². The summed E-state index contributed by atoms with van der Waals surface area (Å²) in [5.74, 6) is -1.34. The highest BCUT2D eigenvalue weighted by Gasteiger charge is 2.35. The lowest BCUT2D eigenvalue weighted by atomic mass is 10.2. The predicted octanol–water partition coefficient (Wildman–Crippen LogP) is 3.37. The molecule has 23 heavy (non-hydrogen) atoms. The van der Waals surface area contributed by atoms with Crippen molar-refractivity contribution in [2.45, 2.75) is 12.3 Å². The van der Waals surface area contributed by atoms with E-state index in [2.05, 4.69) is 5.32 Å². The van der Waals surface area contributed by atoms with Crippen molar-refractivity contribution in [2.24, 2.45) is 0 Å². The molecular formula is C16H20NO5P. The minimum absolute atomic E-state index is 0.250. The van der Waals surface area contributed by atoms with Gasteiger partial charge in [-0.2, -0.15) is 0 Å². The Hall–Kier alpha value is -1.85. The van der Waals surface area contributed by atoms with Crippen LogP contribution in [0.4, 0.5) is 0 Å². The zero-order valence-electron chi connectivity index (χ0n) is 13.0. The maximum Gasteiger partial charge on any atom is 0.351 e. The number of benzene rings is 2. The first kappa shape index (κ1) is 17.5. The molecule has 124 valence electrons. The van der Waals surface area contributed by atoms with E-state index in [1.165, 1.54) is 26.4 Å². The highest BCUT2D eigenvalue weighted by molar-refractivity contribution is 7.54. The molecule has 0 fully saturated rings. The van der Waals surface area contributed by atoms with Crippen LogP contribution in [0.15, 0.2) is 48.5 Å². The monoisotopic (exact) mass is 337 g/mol. The average Bonchev–Trinajstić information content (AvgIpc) is 2.58. The first-order valence-electron chi connectivity index (χ1n) is 7.00. The maximum atomic E-state index is 12.8. The van der Waals surface area contributed by atoms with Crippen LogP contribution in [0.1, 0.15) is 16.9 Å². The van der Waals surface area contributed by atoms with E-state index in [0.29, 0.717) is 12.1 Å². The van der Waals surface area contributed by atoms with Gasteiger partial charge in [-0.25, -0.2) is 0 Å². The summed E-state index contributed by atoms with van der Waals surface area (Å²) in [6.45, 7) is 0.434. The van der Waals surface area contributed by atoms with Gasteiger partial charge in [-0.15, -0.1) is 0 Å². The van der Waals surface area contributed by atoms with Gasteiger partial charge in [0.2, 0.25) is 0 Å². The fourth-order valence-electron chi connectivity index (χ4n) is 2.22. The molecular weight excluding hydrogens is 317 g/mol. The van der Waals surface area contributed by atoms with Gasteiger partial charge in [-0.3, -0.25) is 9.88 Å². The van der Waals surface area contributed by atoms with Gasteiger partial charge in [0, 0.05) is 20.8 Å². The van der Waals surface area contributed by atoms with Crippen LogP contribution >= 0.6 is 7.60 Å². The van der Waals surface area contributed by atoms with Gasteiger partial charge in [0.25, 0.3) is 0 Å². The molecule has 0 heterocycles. The minimum Gasteiger partial charge on any atom is -0.504 e. The summed E-state index contributed by atoms with van der Waals surface area (Å²) in [6.07, 6.45) is 0. The van der Waals surface area contributed by atoms with Gasteiger partial charge in [0.15, 0.2) is 11.5 Å². The Morgan fingerprint density at radius 1 is 1.04 bits per heavy atom. The normalized spacial score (nSPS) is 13.0.